The maximum Gasteiger partial charge on any atom is 0.226 e. The van der Waals surface area contributed by atoms with E-state index in [4.69, 9.17) is 0 Å². The van der Waals surface area contributed by atoms with Crippen molar-refractivity contribution in [3.63, 3.8) is 0 Å². The fraction of sp³-hybridized carbons (Fsp3) is 0.933. The first kappa shape index (κ1) is 17.7. The normalized spacial score (nSPS) is 30.3. The molecule has 1 amide bonds. The summed E-state index contributed by atoms with van der Waals surface area (Å²) in [5.41, 5.74) is 0. The van der Waals surface area contributed by atoms with Crippen LogP contribution in [0.5, 0.6) is 0 Å². The SMILES string of the molecule is C[C@H]1C[C@@H](C(=O)N2CCCCC2CCNS(C)(=O)=O)CCN1. The van der Waals surface area contributed by atoms with Gasteiger partial charge in [0.25, 0.3) is 0 Å². The maximum absolute atomic E-state index is 12.8. The van der Waals surface area contributed by atoms with Crippen LogP contribution in [0.4, 0.5) is 0 Å². The number of hydrogen-bond donors (Lipinski definition) is 2. The molecule has 0 radical (unpaired) electrons. The van der Waals surface area contributed by atoms with E-state index < -0.39 is 10.0 Å². The number of carbonyl (C=O) groups is 1. The minimum Gasteiger partial charge on any atom is -0.339 e. The third kappa shape index (κ3) is 5.21. The van der Waals surface area contributed by atoms with Crippen LogP contribution in [0.1, 0.15) is 45.4 Å². The van der Waals surface area contributed by atoms with Crippen molar-refractivity contribution in [1.29, 1.82) is 0 Å². The highest BCUT2D eigenvalue weighted by atomic mass is 32.2. The van der Waals surface area contributed by atoms with E-state index in [2.05, 4.69) is 17.0 Å². The van der Waals surface area contributed by atoms with E-state index in [1.54, 1.807) is 0 Å². The summed E-state index contributed by atoms with van der Waals surface area (Å²) in [7, 11) is -3.15. The predicted octanol–water partition coefficient (Wildman–Crippen LogP) is 0.695. The lowest BCUT2D eigenvalue weighted by Crippen LogP contribution is -2.50. The average Bonchev–Trinajstić information content (AvgIpc) is 2.46. The Labute approximate surface area is 134 Å². The van der Waals surface area contributed by atoms with Gasteiger partial charge in [0.1, 0.15) is 0 Å². The summed E-state index contributed by atoms with van der Waals surface area (Å²) in [6, 6.07) is 0.582. The van der Waals surface area contributed by atoms with Crippen molar-refractivity contribution < 1.29 is 13.2 Å². The largest absolute Gasteiger partial charge is 0.339 e. The van der Waals surface area contributed by atoms with Gasteiger partial charge in [0, 0.05) is 31.1 Å². The highest BCUT2D eigenvalue weighted by molar-refractivity contribution is 7.88. The van der Waals surface area contributed by atoms with Crippen molar-refractivity contribution in [3.8, 4) is 0 Å². The fourth-order valence-corrected chi connectivity index (χ4v) is 4.08. The van der Waals surface area contributed by atoms with Crippen LogP contribution in [-0.4, -0.2) is 57.2 Å². The Hall–Kier alpha value is -0.660. The van der Waals surface area contributed by atoms with Gasteiger partial charge in [0.2, 0.25) is 15.9 Å². The summed E-state index contributed by atoms with van der Waals surface area (Å²) in [5, 5.41) is 3.38. The molecule has 2 fully saturated rings. The molecule has 2 aliphatic rings. The number of nitrogens with zero attached hydrogens (tertiary/aromatic N) is 1. The van der Waals surface area contributed by atoms with Crippen molar-refractivity contribution in [3.05, 3.63) is 0 Å². The lowest BCUT2D eigenvalue weighted by atomic mass is 9.89. The van der Waals surface area contributed by atoms with Gasteiger partial charge < -0.3 is 10.2 Å². The number of carbonyl (C=O) groups excluding carboxylic acids is 1. The molecule has 0 aromatic heterocycles. The van der Waals surface area contributed by atoms with Gasteiger partial charge in [-0.3, -0.25) is 4.79 Å². The molecule has 2 aliphatic heterocycles. The van der Waals surface area contributed by atoms with Crippen LogP contribution >= 0.6 is 0 Å². The van der Waals surface area contributed by atoms with Crippen molar-refractivity contribution in [2.24, 2.45) is 5.92 Å². The molecule has 128 valence electrons. The average molecular weight is 331 g/mol. The first-order chi connectivity index (χ1) is 10.4. The molecular formula is C15H29N3O3S. The van der Waals surface area contributed by atoms with Gasteiger partial charge in [-0.05, 0) is 52.0 Å². The summed E-state index contributed by atoms with van der Waals surface area (Å²) in [4.78, 5) is 14.9. The highest BCUT2D eigenvalue weighted by Gasteiger charge is 2.33. The van der Waals surface area contributed by atoms with Gasteiger partial charge in [-0.1, -0.05) is 0 Å². The third-order valence-electron chi connectivity index (χ3n) is 4.72. The van der Waals surface area contributed by atoms with Gasteiger partial charge >= 0.3 is 0 Å². The van der Waals surface area contributed by atoms with Crippen LogP contribution < -0.4 is 10.0 Å². The molecule has 2 saturated heterocycles. The second kappa shape index (κ2) is 7.75. The molecule has 2 N–H and O–H groups in total. The zero-order chi connectivity index (χ0) is 16.2. The Morgan fingerprint density at radius 2 is 2.09 bits per heavy atom. The molecule has 0 saturated carbocycles. The zero-order valence-electron chi connectivity index (χ0n) is 13.7. The molecule has 2 rings (SSSR count). The number of hydrogen-bond acceptors (Lipinski definition) is 4. The van der Waals surface area contributed by atoms with E-state index >= 15 is 0 Å². The van der Waals surface area contributed by atoms with Crippen molar-refractivity contribution >= 4 is 15.9 Å². The first-order valence-electron chi connectivity index (χ1n) is 8.35. The zero-order valence-corrected chi connectivity index (χ0v) is 14.5. The molecule has 2 heterocycles. The molecule has 6 nitrogen and oxygen atoms in total. The van der Waals surface area contributed by atoms with Crippen molar-refractivity contribution in [2.75, 3.05) is 25.9 Å². The summed E-state index contributed by atoms with van der Waals surface area (Å²) in [5.74, 6) is 0.400. The summed E-state index contributed by atoms with van der Waals surface area (Å²) in [6.45, 7) is 4.27. The molecule has 0 bridgehead atoms. The van der Waals surface area contributed by atoms with Crippen molar-refractivity contribution in [2.45, 2.75) is 57.5 Å². The first-order valence-corrected chi connectivity index (χ1v) is 10.2. The van der Waals surface area contributed by atoms with Crippen LogP contribution in [0.3, 0.4) is 0 Å². The molecule has 0 aliphatic carbocycles. The second-order valence-corrected chi connectivity index (χ2v) is 8.55. The number of nitrogens with one attached hydrogen (secondary N) is 2. The number of sulfonamides is 1. The maximum atomic E-state index is 12.8. The number of piperidine rings is 2. The highest BCUT2D eigenvalue weighted by Crippen LogP contribution is 2.25. The molecule has 22 heavy (non-hydrogen) atoms. The Kier molecular flexibility index (Phi) is 6.23. The van der Waals surface area contributed by atoms with Crippen LogP contribution in [0.2, 0.25) is 0 Å². The van der Waals surface area contributed by atoms with E-state index in [0.717, 1.165) is 45.2 Å². The van der Waals surface area contributed by atoms with Crippen molar-refractivity contribution in [1.82, 2.24) is 14.9 Å². The minimum absolute atomic E-state index is 0.125. The second-order valence-electron chi connectivity index (χ2n) is 6.71. The Morgan fingerprint density at radius 3 is 2.77 bits per heavy atom. The number of amides is 1. The molecule has 7 heteroatoms. The lowest BCUT2D eigenvalue weighted by molar-refractivity contribution is -0.140. The Bertz CT molecular complexity index is 480. The monoisotopic (exact) mass is 331 g/mol. The predicted molar refractivity (Wildman–Crippen MR) is 87.0 cm³/mol. The van der Waals surface area contributed by atoms with E-state index in [1.165, 1.54) is 6.26 Å². The van der Waals surface area contributed by atoms with Gasteiger partial charge in [0.05, 0.1) is 6.26 Å². The van der Waals surface area contributed by atoms with E-state index in [9.17, 15) is 13.2 Å². The number of rotatable bonds is 5. The number of likely N-dealkylation sites (tertiary alicyclic amines) is 1. The molecule has 1 unspecified atom stereocenters. The van der Waals surface area contributed by atoms with Gasteiger partial charge in [-0.25, -0.2) is 13.1 Å². The Balaban J connectivity index is 1.92. The third-order valence-corrected chi connectivity index (χ3v) is 5.45. The summed E-state index contributed by atoms with van der Waals surface area (Å²) >= 11 is 0. The lowest BCUT2D eigenvalue weighted by Gasteiger charge is -2.39. The van der Waals surface area contributed by atoms with Crippen LogP contribution in [-0.2, 0) is 14.8 Å². The van der Waals surface area contributed by atoms with Gasteiger partial charge in [-0.15, -0.1) is 0 Å². The smallest absolute Gasteiger partial charge is 0.226 e. The standard InChI is InChI=1S/C15H29N3O3S/c1-12-11-13(6-8-16-12)15(19)18-10-4-3-5-14(18)7-9-17-22(2,20)21/h12-14,16-17H,3-11H2,1-2H3/t12-,13-,14?/m0/s1. The quantitative estimate of drug-likeness (QED) is 0.777. The van der Waals surface area contributed by atoms with Crippen LogP contribution in [0, 0.1) is 5.92 Å². The Morgan fingerprint density at radius 1 is 1.32 bits per heavy atom. The molecule has 0 aromatic rings. The summed E-state index contributed by atoms with van der Waals surface area (Å²) in [6.07, 6.45) is 6.86. The van der Waals surface area contributed by atoms with Crippen LogP contribution in [0.15, 0.2) is 0 Å². The van der Waals surface area contributed by atoms with E-state index in [1.807, 2.05) is 4.90 Å². The minimum atomic E-state index is -3.15. The summed E-state index contributed by atoms with van der Waals surface area (Å²) < 4.78 is 24.9. The molecule has 0 spiro atoms. The molecule has 0 aromatic carbocycles. The van der Waals surface area contributed by atoms with Crippen LogP contribution in [0.25, 0.3) is 0 Å². The molecular weight excluding hydrogens is 302 g/mol. The van der Waals surface area contributed by atoms with Gasteiger partial charge in [0.15, 0.2) is 0 Å². The van der Waals surface area contributed by atoms with E-state index in [-0.39, 0.29) is 17.9 Å². The van der Waals surface area contributed by atoms with Gasteiger partial charge in [-0.2, -0.15) is 0 Å². The fourth-order valence-electron chi connectivity index (χ4n) is 3.59. The van der Waals surface area contributed by atoms with E-state index in [0.29, 0.717) is 19.0 Å². The molecule has 3 atom stereocenters. The topological polar surface area (TPSA) is 78.5 Å².